The van der Waals surface area contributed by atoms with Crippen LogP contribution in [0.3, 0.4) is 0 Å². The minimum atomic E-state index is -0.564. The van der Waals surface area contributed by atoms with Gasteiger partial charge in [-0.05, 0) is 38.5 Å². The van der Waals surface area contributed by atoms with Crippen molar-refractivity contribution in [2.45, 2.75) is 69.9 Å². The number of piperazine rings is 1. The van der Waals surface area contributed by atoms with Crippen molar-refractivity contribution >= 4 is 11.8 Å². The molecule has 0 aromatic carbocycles. The number of amides is 2. The van der Waals surface area contributed by atoms with E-state index in [-0.39, 0.29) is 24.4 Å². The van der Waals surface area contributed by atoms with Gasteiger partial charge >= 0.3 is 0 Å². The molecule has 1 heterocycles. The maximum Gasteiger partial charge on any atom is 0.249 e. The molecule has 2 saturated carbocycles. The molecule has 1 N–H and O–H groups in total. The fraction of sp³-hybridized carbons (Fsp3) is 0.867. The molecule has 1 unspecified atom stereocenters. The van der Waals surface area contributed by atoms with Crippen molar-refractivity contribution in [3.05, 3.63) is 0 Å². The Morgan fingerprint density at radius 3 is 2.42 bits per heavy atom. The van der Waals surface area contributed by atoms with E-state index in [1.54, 1.807) is 0 Å². The van der Waals surface area contributed by atoms with Crippen molar-refractivity contribution in [3.8, 4) is 0 Å². The third-order valence-electron chi connectivity index (χ3n) is 5.39. The van der Waals surface area contributed by atoms with Crippen LogP contribution >= 0.6 is 0 Å². The van der Waals surface area contributed by atoms with Gasteiger partial charge in [-0.1, -0.05) is 25.7 Å². The monoisotopic (exact) mass is 264 g/mol. The Bertz CT molecular complexity index is 384. The highest BCUT2D eigenvalue weighted by molar-refractivity contribution is 5.98. The zero-order valence-corrected chi connectivity index (χ0v) is 11.8. The molecular formula is C15H24N2O2. The lowest BCUT2D eigenvalue weighted by Crippen LogP contribution is -2.69. The molecule has 2 amide bonds. The van der Waals surface area contributed by atoms with E-state index in [2.05, 4.69) is 12.2 Å². The smallest absolute Gasteiger partial charge is 0.249 e. The van der Waals surface area contributed by atoms with Crippen LogP contribution in [0.2, 0.25) is 0 Å². The van der Waals surface area contributed by atoms with Crippen LogP contribution in [-0.2, 0) is 9.59 Å². The Kier molecular flexibility index (Phi) is 3.27. The number of carbonyl (C=O) groups excluding carboxylic acids is 2. The van der Waals surface area contributed by atoms with Crippen LogP contribution in [0, 0.1) is 5.92 Å². The van der Waals surface area contributed by atoms with Gasteiger partial charge in [-0.15, -0.1) is 0 Å². The SMILES string of the molecule is CC(C1CCC1)N1CC(=O)NC2(CCCCC2)C1=O. The lowest BCUT2D eigenvalue weighted by atomic mass is 9.76. The molecule has 0 radical (unpaired) electrons. The summed E-state index contributed by atoms with van der Waals surface area (Å²) >= 11 is 0. The van der Waals surface area contributed by atoms with Gasteiger partial charge in [0.2, 0.25) is 11.8 Å². The fourth-order valence-corrected chi connectivity index (χ4v) is 3.86. The van der Waals surface area contributed by atoms with Crippen molar-refractivity contribution in [2.24, 2.45) is 5.92 Å². The summed E-state index contributed by atoms with van der Waals surface area (Å²) in [6, 6.07) is 0.228. The second kappa shape index (κ2) is 4.80. The van der Waals surface area contributed by atoms with E-state index in [1.807, 2.05) is 4.90 Å². The standard InChI is InChI=1S/C15H24N2O2/c1-11(12-6-5-7-12)17-10-13(18)16-15(14(17)19)8-3-2-4-9-15/h11-12H,2-10H2,1H3,(H,16,18). The van der Waals surface area contributed by atoms with E-state index >= 15 is 0 Å². The van der Waals surface area contributed by atoms with E-state index in [0.29, 0.717) is 5.92 Å². The maximum atomic E-state index is 12.8. The van der Waals surface area contributed by atoms with E-state index < -0.39 is 5.54 Å². The Balaban J connectivity index is 1.80. The van der Waals surface area contributed by atoms with Crippen molar-refractivity contribution in [1.82, 2.24) is 10.2 Å². The third-order valence-corrected chi connectivity index (χ3v) is 5.39. The van der Waals surface area contributed by atoms with E-state index in [1.165, 1.54) is 25.7 Å². The maximum absolute atomic E-state index is 12.8. The molecule has 0 aromatic rings. The van der Waals surface area contributed by atoms with Crippen molar-refractivity contribution in [3.63, 3.8) is 0 Å². The van der Waals surface area contributed by atoms with Crippen molar-refractivity contribution in [1.29, 1.82) is 0 Å². The predicted octanol–water partition coefficient (Wildman–Crippen LogP) is 1.84. The summed E-state index contributed by atoms with van der Waals surface area (Å²) in [5.74, 6) is 0.828. The molecule has 19 heavy (non-hydrogen) atoms. The molecule has 0 bridgehead atoms. The highest BCUT2D eigenvalue weighted by atomic mass is 16.2. The first-order valence-electron chi connectivity index (χ1n) is 7.74. The summed E-state index contributed by atoms with van der Waals surface area (Å²) in [5, 5.41) is 3.01. The first-order valence-corrected chi connectivity index (χ1v) is 7.74. The van der Waals surface area contributed by atoms with Crippen molar-refractivity contribution < 1.29 is 9.59 Å². The van der Waals surface area contributed by atoms with Crippen LogP contribution < -0.4 is 5.32 Å². The summed E-state index contributed by atoms with van der Waals surface area (Å²) in [5.41, 5.74) is -0.564. The molecule has 3 aliphatic rings. The van der Waals surface area contributed by atoms with Crippen LogP contribution in [0.5, 0.6) is 0 Å². The van der Waals surface area contributed by atoms with Gasteiger partial charge in [-0.2, -0.15) is 0 Å². The second-order valence-electron chi connectivity index (χ2n) is 6.56. The van der Waals surface area contributed by atoms with Crippen LogP contribution in [0.1, 0.15) is 58.3 Å². The van der Waals surface area contributed by atoms with Gasteiger partial charge in [0.05, 0.1) is 6.54 Å². The minimum Gasteiger partial charge on any atom is -0.340 e. The lowest BCUT2D eigenvalue weighted by Gasteiger charge is -2.48. The Labute approximate surface area is 114 Å². The highest BCUT2D eigenvalue weighted by Gasteiger charge is 2.49. The lowest BCUT2D eigenvalue weighted by molar-refractivity contribution is -0.155. The predicted molar refractivity (Wildman–Crippen MR) is 72.5 cm³/mol. The van der Waals surface area contributed by atoms with Crippen molar-refractivity contribution in [2.75, 3.05) is 6.54 Å². The van der Waals surface area contributed by atoms with Crippen LogP contribution in [0.4, 0.5) is 0 Å². The highest BCUT2D eigenvalue weighted by Crippen LogP contribution is 2.37. The molecule has 1 atom stereocenters. The Morgan fingerprint density at radius 1 is 1.16 bits per heavy atom. The number of nitrogens with one attached hydrogen (secondary N) is 1. The number of hydrogen-bond acceptors (Lipinski definition) is 2. The second-order valence-corrected chi connectivity index (χ2v) is 6.56. The topological polar surface area (TPSA) is 49.4 Å². The van der Waals surface area contributed by atoms with Gasteiger partial charge in [0.25, 0.3) is 0 Å². The normalized spacial score (nSPS) is 29.0. The zero-order valence-electron chi connectivity index (χ0n) is 11.8. The summed E-state index contributed by atoms with van der Waals surface area (Å²) < 4.78 is 0. The van der Waals surface area contributed by atoms with E-state index in [0.717, 1.165) is 25.7 Å². The molecule has 0 aromatic heterocycles. The first kappa shape index (κ1) is 12.9. The summed E-state index contributed by atoms with van der Waals surface area (Å²) in [6.07, 6.45) is 8.63. The number of nitrogens with zero attached hydrogens (tertiary/aromatic N) is 1. The first-order chi connectivity index (χ1) is 9.12. The van der Waals surface area contributed by atoms with Gasteiger partial charge < -0.3 is 10.2 Å². The van der Waals surface area contributed by atoms with Crippen LogP contribution in [0.25, 0.3) is 0 Å². The van der Waals surface area contributed by atoms with Gasteiger partial charge in [0.15, 0.2) is 0 Å². The largest absolute Gasteiger partial charge is 0.340 e. The Morgan fingerprint density at radius 2 is 1.84 bits per heavy atom. The van der Waals surface area contributed by atoms with Gasteiger partial charge in [-0.3, -0.25) is 9.59 Å². The molecule has 1 aliphatic heterocycles. The average molecular weight is 264 g/mol. The quantitative estimate of drug-likeness (QED) is 0.827. The van der Waals surface area contributed by atoms with Gasteiger partial charge in [0, 0.05) is 6.04 Å². The van der Waals surface area contributed by atoms with Gasteiger partial charge in [-0.25, -0.2) is 0 Å². The molecule has 1 spiro atoms. The minimum absolute atomic E-state index is 0.0349. The van der Waals surface area contributed by atoms with Gasteiger partial charge in [0.1, 0.15) is 5.54 Å². The van der Waals surface area contributed by atoms with E-state index in [4.69, 9.17) is 0 Å². The average Bonchev–Trinajstić information content (AvgIpc) is 2.32. The number of carbonyl (C=O) groups is 2. The number of rotatable bonds is 2. The van der Waals surface area contributed by atoms with E-state index in [9.17, 15) is 9.59 Å². The molecule has 4 heteroatoms. The molecule has 3 fully saturated rings. The molecule has 4 nitrogen and oxygen atoms in total. The number of hydrogen-bond donors (Lipinski definition) is 1. The summed E-state index contributed by atoms with van der Waals surface area (Å²) in [4.78, 5) is 26.7. The molecule has 1 saturated heterocycles. The molecule has 106 valence electrons. The Hall–Kier alpha value is -1.06. The summed E-state index contributed by atoms with van der Waals surface area (Å²) in [6.45, 7) is 2.38. The fourth-order valence-electron chi connectivity index (χ4n) is 3.86. The molecular weight excluding hydrogens is 240 g/mol. The van der Waals surface area contributed by atoms with Crippen LogP contribution in [0.15, 0.2) is 0 Å². The molecule has 3 rings (SSSR count). The van der Waals surface area contributed by atoms with Crippen LogP contribution in [-0.4, -0.2) is 34.8 Å². The summed E-state index contributed by atoms with van der Waals surface area (Å²) in [7, 11) is 0. The third kappa shape index (κ3) is 2.15. The zero-order chi connectivity index (χ0) is 13.5. The molecule has 2 aliphatic carbocycles.